The van der Waals surface area contributed by atoms with Crippen LogP contribution in [0, 0.1) is 0 Å². The maximum atomic E-state index is 12.7. The van der Waals surface area contributed by atoms with Crippen LogP contribution in [-0.4, -0.2) is 20.9 Å². The lowest BCUT2D eigenvalue weighted by Gasteiger charge is -2.11. The van der Waals surface area contributed by atoms with Crippen molar-refractivity contribution >= 4 is 27.9 Å². The van der Waals surface area contributed by atoms with E-state index in [0.717, 1.165) is 16.4 Å². The summed E-state index contributed by atoms with van der Waals surface area (Å²) in [5, 5.41) is 0.887. The summed E-state index contributed by atoms with van der Waals surface area (Å²) in [6, 6.07) is 24.3. The molecule has 0 aliphatic carbocycles. The van der Waals surface area contributed by atoms with E-state index in [1.165, 1.54) is 0 Å². The summed E-state index contributed by atoms with van der Waals surface area (Å²) in [5.41, 5.74) is 3.54. The minimum atomic E-state index is -0.434. The summed E-state index contributed by atoms with van der Waals surface area (Å²) < 4.78 is 5.83. The zero-order valence-electron chi connectivity index (χ0n) is 14.8. The first-order chi connectivity index (χ1) is 13.8. The molecule has 0 aliphatic heterocycles. The average Bonchev–Trinajstić information content (AvgIpc) is 3.18. The van der Waals surface area contributed by atoms with E-state index in [9.17, 15) is 4.79 Å². The number of carbonyl (C=O) groups excluding carboxylic acids is 1. The minimum absolute atomic E-state index is 0.394. The maximum absolute atomic E-state index is 12.7. The molecule has 5 aromatic rings. The largest absolute Gasteiger partial charge is 0.420 e. The molecule has 0 amide bonds. The van der Waals surface area contributed by atoms with Gasteiger partial charge < -0.3 is 9.72 Å². The summed E-state index contributed by atoms with van der Waals surface area (Å²) in [6.07, 6.45) is 1.69. The van der Waals surface area contributed by atoms with Crippen LogP contribution >= 0.6 is 0 Å². The predicted molar refractivity (Wildman–Crippen MR) is 108 cm³/mol. The molecule has 134 valence electrons. The molecule has 0 bridgehead atoms. The monoisotopic (exact) mass is 365 g/mol. The Morgan fingerprint density at radius 3 is 2.54 bits per heavy atom. The Balaban J connectivity index is 1.68. The third kappa shape index (κ3) is 2.79. The number of hydrogen-bond acceptors (Lipinski definition) is 4. The van der Waals surface area contributed by atoms with Gasteiger partial charge in [0.2, 0.25) is 0 Å². The Morgan fingerprint density at radius 1 is 0.857 bits per heavy atom. The number of carbonyl (C=O) groups is 1. The van der Waals surface area contributed by atoms with Crippen molar-refractivity contribution in [3.05, 3.63) is 90.6 Å². The van der Waals surface area contributed by atoms with Gasteiger partial charge in [-0.05, 0) is 36.4 Å². The number of aromatic nitrogens is 3. The van der Waals surface area contributed by atoms with Crippen molar-refractivity contribution in [2.45, 2.75) is 0 Å². The predicted octanol–water partition coefficient (Wildman–Crippen LogP) is 5.00. The van der Waals surface area contributed by atoms with Crippen LogP contribution in [0.1, 0.15) is 10.4 Å². The van der Waals surface area contributed by atoms with E-state index in [2.05, 4.69) is 15.0 Å². The number of nitrogens with one attached hydrogen (secondary N) is 1. The molecular formula is C23H15N3O2. The van der Waals surface area contributed by atoms with E-state index in [1.807, 2.05) is 54.6 Å². The summed E-state index contributed by atoms with van der Waals surface area (Å²) in [6.45, 7) is 0. The fourth-order valence-corrected chi connectivity index (χ4v) is 3.21. The molecule has 28 heavy (non-hydrogen) atoms. The summed E-state index contributed by atoms with van der Waals surface area (Å²) >= 11 is 0. The van der Waals surface area contributed by atoms with Crippen molar-refractivity contribution < 1.29 is 9.53 Å². The van der Waals surface area contributed by atoms with E-state index in [1.54, 1.807) is 30.5 Å². The van der Waals surface area contributed by atoms with E-state index >= 15 is 0 Å². The highest BCUT2D eigenvalue weighted by Crippen LogP contribution is 2.35. The fraction of sp³-hybridized carbons (Fsp3) is 0. The van der Waals surface area contributed by atoms with Crippen molar-refractivity contribution in [2.24, 2.45) is 0 Å². The third-order valence-corrected chi connectivity index (χ3v) is 4.58. The second-order valence-electron chi connectivity index (χ2n) is 6.38. The standard InChI is InChI=1S/C23H15N3O2/c27-23(16-7-2-1-3-8-16)28-21-17(13-12-15-9-6-14-24-20(15)21)22-25-18-10-4-5-11-19(18)26-22/h1-14H,(H,25,26). The number of benzene rings is 3. The Morgan fingerprint density at radius 2 is 1.68 bits per heavy atom. The number of pyridine rings is 1. The Labute approximate surface area is 160 Å². The number of nitrogens with zero attached hydrogens (tertiary/aromatic N) is 2. The van der Waals surface area contributed by atoms with Crippen LogP contribution in [0.25, 0.3) is 33.3 Å². The molecule has 3 aromatic carbocycles. The molecule has 1 N–H and O–H groups in total. The van der Waals surface area contributed by atoms with E-state index in [-0.39, 0.29) is 0 Å². The molecule has 2 heterocycles. The second kappa shape index (κ2) is 6.63. The van der Waals surface area contributed by atoms with Crippen LogP contribution in [0.5, 0.6) is 5.75 Å². The molecule has 0 saturated heterocycles. The van der Waals surface area contributed by atoms with E-state index in [4.69, 9.17) is 4.74 Å². The van der Waals surface area contributed by atoms with Gasteiger partial charge in [-0.3, -0.25) is 4.98 Å². The first kappa shape index (κ1) is 16.2. The van der Waals surface area contributed by atoms with Gasteiger partial charge in [0.15, 0.2) is 5.75 Å². The number of aromatic amines is 1. The summed E-state index contributed by atoms with van der Waals surface area (Å²) in [4.78, 5) is 25.1. The average molecular weight is 365 g/mol. The van der Waals surface area contributed by atoms with Crippen molar-refractivity contribution in [2.75, 3.05) is 0 Å². The molecule has 5 heteroatoms. The topological polar surface area (TPSA) is 67.9 Å². The number of H-pyrrole nitrogens is 1. The Kier molecular flexibility index (Phi) is 3.84. The van der Waals surface area contributed by atoms with Gasteiger partial charge in [0.25, 0.3) is 0 Å². The molecule has 0 radical (unpaired) electrons. The Hall–Kier alpha value is -3.99. The summed E-state index contributed by atoms with van der Waals surface area (Å²) in [5.74, 6) is 0.590. The van der Waals surface area contributed by atoms with E-state index in [0.29, 0.717) is 28.2 Å². The van der Waals surface area contributed by atoms with Gasteiger partial charge in [-0.1, -0.05) is 42.5 Å². The van der Waals surface area contributed by atoms with Gasteiger partial charge in [-0.2, -0.15) is 0 Å². The number of para-hydroxylation sites is 2. The Bertz CT molecular complexity index is 1280. The summed E-state index contributed by atoms with van der Waals surface area (Å²) in [7, 11) is 0. The van der Waals surface area contributed by atoms with Crippen LogP contribution in [-0.2, 0) is 0 Å². The van der Waals surface area contributed by atoms with Gasteiger partial charge in [-0.25, -0.2) is 9.78 Å². The molecular weight excluding hydrogens is 350 g/mol. The van der Waals surface area contributed by atoms with Gasteiger partial charge >= 0.3 is 5.97 Å². The molecule has 0 fully saturated rings. The van der Waals surface area contributed by atoms with Gasteiger partial charge in [-0.15, -0.1) is 0 Å². The lowest BCUT2D eigenvalue weighted by Crippen LogP contribution is -2.09. The van der Waals surface area contributed by atoms with Crippen molar-refractivity contribution in [1.29, 1.82) is 0 Å². The van der Waals surface area contributed by atoms with E-state index < -0.39 is 5.97 Å². The first-order valence-electron chi connectivity index (χ1n) is 8.90. The minimum Gasteiger partial charge on any atom is -0.420 e. The molecule has 5 rings (SSSR count). The number of rotatable bonds is 3. The molecule has 0 unspecified atom stereocenters. The van der Waals surface area contributed by atoms with Crippen LogP contribution in [0.3, 0.4) is 0 Å². The zero-order valence-corrected chi connectivity index (χ0v) is 14.8. The lowest BCUT2D eigenvalue weighted by molar-refractivity contribution is 0.0737. The quantitative estimate of drug-likeness (QED) is 0.361. The van der Waals surface area contributed by atoms with Crippen molar-refractivity contribution in [1.82, 2.24) is 15.0 Å². The zero-order chi connectivity index (χ0) is 18.9. The molecule has 0 saturated carbocycles. The second-order valence-corrected chi connectivity index (χ2v) is 6.38. The molecule has 5 nitrogen and oxygen atoms in total. The lowest BCUT2D eigenvalue weighted by atomic mass is 10.1. The SMILES string of the molecule is O=C(Oc1c(-c2nc3ccccc3[nH]2)ccc2cccnc12)c1ccccc1. The van der Waals surface area contributed by atoms with Crippen LogP contribution in [0.2, 0.25) is 0 Å². The molecule has 2 aromatic heterocycles. The molecule has 0 aliphatic rings. The number of imidazole rings is 1. The number of hydrogen-bond donors (Lipinski definition) is 1. The van der Waals surface area contributed by atoms with Crippen molar-refractivity contribution in [3.63, 3.8) is 0 Å². The molecule has 0 atom stereocenters. The number of esters is 1. The third-order valence-electron chi connectivity index (χ3n) is 4.58. The smallest absolute Gasteiger partial charge is 0.343 e. The highest BCUT2D eigenvalue weighted by molar-refractivity contribution is 5.98. The highest BCUT2D eigenvalue weighted by atomic mass is 16.5. The van der Waals surface area contributed by atoms with Crippen LogP contribution in [0.4, 0.5) is 0 Å². The van der Waals surface area contributed by atoms with Gasteiger partial charge in [0.1, 0.15) is 11.3 Å². The fourth-order valence-electron chi connectivity index (χ4n) is 3.21. The van der Waals surface area contributed by atoms with Gasteiger partial charge in [0, 0.05) is 11.6 Å². The highest BCUT2D eigenvalue weighted by Gasteiger charge is 2.19. The van der Waals surface area contributed by atoms with Gasteiger partial charge in [0.05, 0.1) is 22.2 Å². The van der Waals surface area contributed by atoms with Crippen LogP contribution in [0.15, 0.2) is 85.1 Å². The first-order valence-corrected chi connectivity index (χ1v) is 8.90. The maximum Gasteiger partial charge on any atom is 0.343 e. The molecule has 0 spiro atoms. The number of ether oxygens (including phenoxy) is 1. The number of fused-ring (bicyclic) bond motifs is 2. The normalized spacial score (nSPS) is 11.0. The van der Waals surface area contributed by atoms with Crippen molar-refractivity contribution in [3.8, 4) is 17.1 Å². The van der Waals surface area contributed by atoms with Crippen LogP contribution < -0.4 is 4.74 Å².